The fraction of sp³-hybridized carbons (Fsp3) is 0.817. The highest BCUT2D eigenvalue weighted by molar-refractivity contribution is 7.92. The molecule has 5 N–H and O–H groups in total. The number of aliphatic hydroxyl groups excluding tert-OH is 1. The van der Waals surface area contributed by atoms with Crippen LogP contribution in [-0.2, 0) is 62.6 Å². The summed E-state index contributed by atoms with van der Waals surface area (Å²) in [7, 11) is 5.14. The number of allylic oxidation sites excluding steroid dienone is 2. The van der Waals surface area contributed by atoms with E-state index in [9.17, 15) is 24.3 Å². The van der Waals surface area contributed by atoms with Gasteiger partial charge in [-0.25, -0.2) is 8.42 Å². The van der Waals surface area contributed by atoms with Gasteiger partial charge in [-0.2, -0.15) is 0 Å². The number of rotatable bonds is 22. The number of amides is 11. The lowest BCUT2D eigenvalue weighted by atomic mass is 9.91. The molecule has 0 aromatic carbocycles. The number of sulfone groups is 1. The minimum absolute atomic E-state index is 0.0176. The molecule has 27 heteroatoms. The summed E-state index contributed by atoms with van der Waals surface area (Å²) < 4.78 is 28.5. The Balaban J connectivity index is 4.72. The van der Waals surface area contributed by atoms with Crippen LogP contribution in [-0.4, -0.2) is 270 Å². The molecule has 564 valence electrons. The van der Waals surface area contributed by atoms with E-state index in [-0.39, 0.29) is 68.7 Å². The fourth-order valence-corrected chi connectivity index (χ4v) is 14.1. The van der Waals surface area contributed by atoms with E-state index in [0.717, 1.165) is 14.7 Å². The zero-order chi connectivity index (χ0) is 76.3. The molecular weight excluding hydrogens is 1280 g/mol. The van der Waals surface area contributed by atoms with Gasteiger partial charge in [-0.15, -0.1) is 0 Å². The van der Waals surface area contributed by atoms with E-state index in [1.165, 1.54) is 96.6 Å². The van der Waals surface area contributed by atoms with Crippen LogP contribution >= 0.6 is 0 Å². The van der Waals surface area contributed by atoms with Crippen molar-refractivity contribution < 1.29 is 66.3 Å². The molecule has 1 aliphatic heterocycles. The lowest BCUT2D eigenvalue weighted by molar-refractivity contribution is -0.157. The molecule has 1 aliphatic rings. The Morgan fingerprint density at radius 1 is 0.469 bits per heavy atom. The van der Waals surface area contributed by atoms with Crippen molar-refractivity contribution in [3.63, 3.8) is 0 Å². The maximum absolute atomic E-state index is 15.6. The largest absolute Gasteiger partial charge is 0.390 e. The number of carbonyl (C=O) groups excluding carboxylic acids is 11. The minimum Gasteiger partial charge on any atom is -0.390 e. The molecule has 26 nitrogen and oxygen atoms in total. The molecule has 1 rings (SSSR count). The van der Waals surface area contributed by atoms with Crippen molar-refractivity contribution in [2.45, 2.75) is 261 Å². The summed E-state index contributed by atoms with van der Waals surface area (Å²) in [6.45, 7) is 37.2. The SMILES string of the molecule is C/C=C/C[C@@H](C)[C@@H](O)[C@@H]1C(=O)N[C@H](CC)C(=O)N(C)[C@H](CS(=O)(=O)C(C)(C)CN(CC)CC)C(=O)N(C)[C@@H](CC(C)C)C(=O)N[C@H](C(C)C)C(=O)N(C)[C@H](CC(C)C)C(=O)N[C@H](C)C(=O)N[C@@H](C)C(=O)N(C)[C@H](CC(C)C)C(=O)N(C)[C@H](CC(C)C)C(=O)N(C)[C@H](C(C)C)C(=O)N1C. The lowest BCUT2D eigenvalue weighted by Crippen LogP contribution is -2.64. The van der Waals surface area contributed by atoms with Crippen molar-refractivity contribution in [1.82, 2.24) is 60.5 Å². The van der Waals surface area contributed by atoms with Gasteiger partial charge in [0.05, 0.1) is 16.6 Å². The molecule has 1 heterocycles. The Hall–Kier alpha value is -6.22. The summed E-state index contributed by atoms with van der Waals surface area (Å²) >= 11 is 0. The number of nitrogens with zero attached hydrogens (tertiary/aromatic N) is 8. The Kier molecular flexibility index (Phi) is 36.4. The Morgan fingerprint density at radius 3 is 1.29 bits per heavy atom. The van der Waals surface area contributed by atoms with Gasteiger partial charge in [0.1, 0.15) is 66.5 Å². The van der Waals surface area contributed by atoms with Crippen LogP contribution in [0.2, 0.25) is 0 Å². The average molecular weight is 1410 g/mol. The molecule has 0 bridgehead atoms. The maximum Gasteiger partial charge on any atom is 0.246 e. The van der Waals surface area contributed by atoms with Crippen LogP contribution < -0.4 is 21.3 Å². The first-order chi connectivity index (χ1) is 45.1. The van der Waals surface area contributed by atoms with E-state index in [2.05, 4.69) is 21.3 Å². The first kappa shape index (κ1) is 89.8. The molecule has 98 heavy (non-hydrogen) atoms. The van der Waals surface area contributed by atoms with E-state index >= 15 is 42.0 Å². The van der Waals surface area contributed by atoms with Crippen LogP contribution in [0.15, 0.2) is 12.2 Å². The van der Waals surface area contributed by atoms with Gasteiger partial charge < -0.3 is 65.6 Å². The number of carbonyl (C=O) groups is 11. The van der Waals surface area contributed by atoms with Gasteiger partial charge in [0.25, 0.3) is 0 Å². The lowest BCUT2D eigenvalue weighted by Gasteiger charge is -2.41. The van der Waals surface area contributed by atoms with Gasteiger partial charge >= 0.3 is 0 Å². The van der Waals surface area contributed by atoms with Crippen molar-refractivity contribution in [1.29, 1.82) is 0 Å². The Morgan fingerprint density at radius 2 is 0.857 bits per heavy atom. The first-order valence-corrected chi connectivity index (χ1v) is 37.0. The number of hydrogen-bond acceptors (Lipinski definition) is 15. The standard InChI is InChI=1S/C71H130N12O14S/c1-29-33-34-47(17)59(84)58-63(88)74-50(30-2)65(90)80(26)55(39-98(96,97)71(20,21)40-83(31-3)32-4)68(93)76(22)52(36-42(7)8)62(87)75-56(45(13)14)69(94)77(23)51(35-41(5)6)61(86)72-48(18)60(85)73-49(19)64(89)78(24)53(37-43(9)10)66(91)79(25)54(38-44(11)12)67(92)81(27)57(46(15)16)70(95)82(58)28/h29,33,41-59,84H,30-32,34-40H2,1-28H3,(H,72,86)(H,73,85)(H,74,88)(H,75,87)/b33-29+/t47-,48-,49+,50-,51-,52+,53-,54-,55-,56-,57-,58-,59-/m1/s1. The summed E-state index contributed by atoms with van der Waals surface area (Å²) in [6.07, 6.45) is 2.33. The van der Waals surface area contributed by atoms with Gasteiger partial charge in [0, 0.05) is 55.9 Å². The van der Waals surface area contributed by atoms with E-state index < -0.39 is 176 Å². The second-order valence-corrected chi connectivity index (χ2v) is 33.0. The highest BCUT2D eigenvalue weighted by atomic mass is 32.2. The van der Waals surface area contributed by atoms with Gasteiger partial charge in [-0.05, 0) is 128 Å². The molecule has 0 aromatic rings. The second-order valence-electron chi connectivity index (χ2n) is 30.3. The average Bonchev–Trinajstić information content (AvgIpc) is 0.824. The second kappa shape index (κ2) is 39.7. The fourth-order valence-electron chi connectivity index (χ4n) is 12.5. The third kappa shape index (κ3) is 24.3. The topological polar surface area (TPSA) is 316 Å². The van der Waals surface area contributed by atoms with Gasteiger partial charge in [0.2, 0.25) is 65.0 Å². The van der Waals surface area contributed by atoms with E-state index in [4.69, 9.17) is 0 Å². The van der Waals surface area contributed by atoms with Crippen molar-refractivity contribution in [3.05, 3.63) is 12.2 Å². The molecule has 0 radical (unpaired) electrons. The van der Waals surface area contributed by atoms with Crippen molar-refractivity contribution in [2.75, 3.05) is 74.7 Å². The van der Waals surface area contributed by atoms with Gasteiger partial charge in [-0.3, -0.25) is 52.7 Å². The molecule has 1 saturated heterocycles. The van der Waals surface area contributed by atoms with Crippen LogP contribution in [0.5, 0.6) is 0 Å². The summed E-state index contributed by atoms with van der Waals surface area (Å²) in [5.74, 6) is -12.4. The number of likely N-dealkylation sites (N-methyl/N-ethyl adjacent to an activating group) is 7. The van der Waals surface area contributed by atoms with E-state index in [1.54, 1.807) is 74.5 Å². The van der Waals surface area contributed by atoms with Crippen molar-refractivity contribution >= 4 is 74.8 Å². The molecule has 13 atom stereocenters. The maximum atomic E-state index is 15.6. The van der Waals surface area contributed by atoms with Crippen LogP contribution in [0.25, 0.3) is 0 Å². The van der Waals surface area contributed by atoms with Crippen molar-refractivity contribution in [2.24, 2.45) is 41.4 Å². The molecule has 0 saturated carbocycles. The Bertz CT molecular complexity index is 2840. The van der Waals surface area contributed by atoms with E-state index in [0.29, 0.717) is 13.1 Å². The first-order valence-electron chi connectivity index (χ1n) is 35.4. The van der Waals surface area contributed by atoms with Crippen LogP contribution in [0.4, 0.5) is 0 Å². The van der Waals surface area contributed by atoms with Crippen LogP contribution in [0, 0.1) is 41.4 Å². The predicted molar refractivity (Wildman–Crippen MR) is 383 cm³/mol. The molecule has 0 spiro atoms. The van der Waals surface area contributed by atoms with E-state index in [1.807, 2.05) is 60.3 Å². The van der Waals surface area contributed by atoms with Crippen LogP contribution in [0.3, 0.4) is 0 Å². The normalized spacial score (nSPS) is 26.1. The third-order valence-electron chi connectivity index (χ3n) is 19.1. The summed E-state index contributed by atoms with van der Waals surface area (Å²) in [6, 6.07) is -15.3. The van der Waals surface area contributed by atoms with Gasteiger partial charge in [0.15, 0.2) is 9.84 Å². The summed E-state index contributed by atoms with van der Waals surface area (Å²) in [4.78, 5) is 175. The minimum atomic E-state index is -4.39. The molecule has 0 aliphatic carbocycles. The monoisotopic (exact) mass is 1410 g/mol. The number of hydrogen-bond donors (Lipinski definition) is 5. The number of nitrogens with one attached hydrogen (secondary N) is 4. The van der Waals surface area contributed by atoms with Crippen molar-refractivity contribution in [3.8, 4) is 0 Å². The molecule has 11 amide bonds. The zero-order valence-electron chi connectivity index (χ0n) is 64.9. The highest BCUT2D eigenvalue weighted by Gasteiger charge is 2.48. The molecule has 0 unspecified atom stereocenters. The predicted octanol–water partition coefficient (Wildman–Crippen LogP) is 4.17. The highest BCUT2D eigenvalue weighted by Crippen LogP contribution is 2.28. The Labute approximate surface area is 588 Å². The third-order valence-corrected chi connectivity index (χ3v) is 21.7. The number of aliphatic hydroxyl groups is 1. The molecule has 0 aromatic heterocycles. The molecular formula is C71H130N12O14S. The zero-order valence-corrected chi connectivity index (χ0v) is 65.8. The summed E-state index contributed by atoms with van der Waals surface area (Å²) in [5.41, 5.74) is 0. The van der Waals surface area contributed by atoms with Gasteiger partial charge in [-0.1, -0.05) is 123 Å². The quantitative estimate of drug-likeness (QED) is 0.0950. The summed E-state index contributed by atoms with van der Waals surface area (Å²) in [5, 5.41) is 23.3. The smallest absolute Gasteiger partial charge is 0.246 e. The van der Waals surface area contributed by atoms with Crippen LogP contribution in [0.1, 0.15) is 184 Å². The molecule has 1 fully saturated rings.